The topological polar surface area (TPSA) is 86.1 Å². The molecule has 3 rings (SSSR count). The molecule has 0 saturated heterocycles. The number of carbonyl (C=O) groups is 2. The molecule has 1 N–H and O–H groups in total. The van der Waals surface area contributed by atoms with Crippen molar-refractivity contribution < 1.29 is 18.7 Å². The normalized spacial score (nSPS) is 10.5. The molecule has 0 aliphatic rings. The van der Waals surface area contributed by atoms with Gasteiger partial charge in [-0.3, -0.25) is 14.2 Å². The molecule has 0 saturated carbocycles. The Labute approximate surface area is 164 Å². The summed E-state index contributed by atoms with van der Waals surface area (Å²) < 4.78 is 19.6. The molecule has 1 heterocycles. The van der Waals surface area contributed by atoms with Crippen molar-refractivity contribution in [3.8, 4) is 17.1 Å². The average Bonchev–Trinajstić information content (AvgIpc) is 3.15. The third kappa shape index (κ3) is 4.74. The van der Waals surface area contributed by atoms with Crippen LogP contribution in [0.5, 0.6) is 0 Å². The zero-order valence-electron chi connectivity index (χ0n) is 15.0. The first-order valence-corrected chi connectivity index (χ1v) is 9.30. The molecular formula is C19H17FN4O3S. The number of rotatable bonds is 7. The minimum atomic E-state index is -0.529. The lowest BCUT2D eigenvalue weighted by molar-refractivity contribution is -0.140. The molecule has 28 heavy (non-hydrogen) atoms. The molecule has 7 nitrogen and oxygen atoms in total. The fourth-order valence-corrected chi connectivity index (χ4v) is 3.17. The number of hydrogen-bond donors (Lipinski definition) is 1. The summed E-state index contributed by atoms with van der Waals surface area (Å²) in [7, 11) is 1.25. The van der Waals surface area contributed by atoms with Gasteiger partial charge >= 0.3 is 5.97 Å². The maximum Gasteiger partial charge on any atom is 0.325 e. The van der Waals surface area contributed by atoms with Crippen LogP contribution in [0.1, 0.15) is 0 Å². The number of benzene rings is 2. The van der Waals surface area contributed by atoms with E-state index >= 15 is 0 Å². The summed E-state index contributed by atoms with van der Waals surface area (Å²) in [6.07, 6.45) is 0. The molecule has 0 unspecified atom stereocenters. The van der Waals surface area contributed by atoms with Gasteiger partial charge in [0.05, 0.1) is 12.9 Å². The number of esters is 1. The molecule has 0 spiro atoms. The van der Waals surface area contributed by atoms with E-state index in [1.807, 2.05) is 30.3 Å². The number of halogens is 1. The summed E-state index contributed by atoms with van der Waals surface area (Å²) in [5, 5.41) is 11.4. The minimum Gasteiger partial charge on any atom is -0.468 e. The second kappa shape index (κ2) is 9.14. The van der Waals surface area contributed by atoms with Gasteiger partial charge in [-0.25, -0.2) is 4.39 Å². The van der Waals surface area contributed by atoms with E-state index in [0.717, 1.165) is 17.3 Å². The van der Waals surface area contributed by atoms with Crippen LogP contribution >= 0.6 is 11.8 Å². The van der Waals surface area contributed by atoms with Crippen LogP contribution in [0.2, 0.25) is 0 Å². The van der Waals surface area contributed by atoms with Crippen LogP contribution in [0.3, 0.4) is 0 Å². The number of amides is 1. The molecule has 1 aromatic heterocycles. The Hall–Kier alpha value is -3.20. The number of hydrogen-bond acceptors (Lipinski definition) is 6. The smallest absolute Gasteiger partial charge is 0.325 e. The lowest BCUT2D eigenvalue weighted by Crippen LogP contribution is -2.31. The maximum atomic E-state index is 13.3. The largest absolute Gasteiger partial charge is 0.468 e. The first-order valence-electron chi connectivity index (χ1n) is 8.31. The van der Waals surface area contributed by atoms with Gasteiger partial charge < -0.3 is 10.1 Å². The summed E-state index contributed by atoms with van der Waals surface area (Å²) in [5.74, 6) is -0.617. The molecule has 144 valence electrons. The lowest BCUT2D eigenvalue weighted by Gasteiger charge is -2.10. The number of ether oxygens (including phenoxy) is 1. The second-order valence-electron chi connectivity index (χ2n) is 5.63. The number of thioether (sulfide) groups is 1. The van der Waals surface area contributed by atoms with Crippen LogP contribution in [-0.2, 0) is 14.3 Å². The van der Waals surface area contributed by atoms with Gasteiger partial charge in [-0.1, -0.05) is 42.1 Å². The molecule has 0 bridgehead atoms. The van der Waals surface area contributed by atoms with E-state index in [1.54, 1.807) is 16.7 Å². The Morgan fingerprint density at radius 1 is 1.11 bits per heavy atom. The van der Waals surface area contributed by atoms with Gasteiger partial charge in [-0.15, -0.1) is 10.2 Å². The number of nitrogens with zero attached hydrogens (tertiary/aromatic N) is 3. The van der Waals surface area contributed by atoms with Gasteiger partial charge in [-0.2, -0.15) is 0 Å². The number of carbonyl (C=O) groups excluding carboxylic acids is 2. The Morgan fingerprint density at radius 2 is 1.82 bits per heavy atom. The molecule has 3 aromatic rings. The first-order chi connectivity index (χ1) is 13.6. The summed E-state index contributed by atoms with van der Waals surface area (Å²) in [6.45, 7) is -0.199. The molecule has 0 fully saturated rings. The fourth-order valence-electron chi connectivity index (χ4n) is 2.38. The van der Waals surface area contributed by atoms with E-state index in [0.29, 0.717) is 16.7 Å². The Bertz CT molecular complexity index is 961. The third-order valence-electron chi connectivity index (χ3n) is 3.74. The molecular weight excluding hydrogens is 383 g/mol. The molecule has 0 aliphatic heterocycles. The van der Waals surface area contributed by atoms with E-state index in [1.165, 1.54) is 19.2 Å². The SMILES string of the molecule is COC(=O)CNC(=O)CSc1nnc(-c2ccccc2)n1-c1ccc(F)cc1. The Balaban J connectivity index is 1.85. The van der Waals surface area contributed by atoms with Gasteiger partial charge in [0.1, 0.15) is 12.4 Å². The molecule has 2 aromatic carbocycles. The monoisotopic (exact) mass is 400 g/mol. The molecule has 0 aliphatic carbocycles. The van der Waals surface area contributed by atoms with Gasteiger partial charge in [0, 0.05) is 11.3 Å². The third-order valence-corrected chi connectivity index (χ3v) is 4.67. The maximum absolute atomic E-state index is 13.3. The lowest BCUT2D eigenvalue weighted by atomic mass is 10.2. The molecule has 1 amide bonds. The van der Waals surface area contributed by atoms with Gasteiger partial charge in [0.2, 0.25) is 5.91 Å². The van der Waals surface area contributed by atoms with E-state index in [4.69, 9.17) is 0 Å². The predicted molar refractivity (Wildman–Crippen MR) is 103 cm³/mol. The van der Waals surface area contributed by atoms with Crippen molar-refractivity contribution in [1.82, 2.24) is 20.1 Å². The van der Waals surface area contributed by atoms with Gasteiger partial charge in [-0.05, 0) is 24.3 Å². The summed E-state index contributed by atoms with van der Waals surface area (Å²) >= 11 is 1.16. The van der Waals surface area contributed by atoms with Crippen LogP contribution in [-0.4, -0.2) is 46.0 Å². The number of nitrogens with one attached hydrogen (secondary N) is 1. The Kier molecular flexibility index (Phi) is 6.38. The summed E-state index contributed by atoms with van der Waals surface area (Å²) in [5.41, 5.74) is 1.50. The van der Waals surface area contributed by atoms with Crippen molar-refractivity contribution in [1.29, 1.82) is 0 Å². The zero-order valence-corrected chi connectivity index (χ0v) is 15.8. The van der Waals surface area contributed by atoms with Crippen molar-refractivity contribution >= 4 is 23.6 Å². The van der Waals surface area contributed by atoms with Gasteiger partial charge in [0.25, 0.3) is 0 Å². The fraction of sp³-hybridized carbons (Fsp3) is 0.158. The summed E-state index contributed by atoms with van der Waals surface area (Å²) in [6, 6.07) is 15.4. The van der Waals surface area contributed by atoms with E-state index in [-0.39, 0.29) is 24.0 Å². The van der Waals surface area contributed by atoms with Crippen molar-refractivity contribution in [3.63, 3.8) is 0 Å². The molecule has 0 atom stereocenters. The highest BCUT2D eigenvalue weighted by Crippen LogP contribution is 2.27. The Morgan fingerprint density at radius 3 is 2.50 bits per heavy atom. The van der Waals surface area contributed by atoms with Crippen LogP contribution in [0, 0.1) is 5.82 Å². The minimum absolute atomic E-state index is 0.0328. The van der Waals surface area contributed by atoms with Crippen molar-refractivity contribution in [2.45, 2.75) is 5.16 Å². The van der Waals surface area contributed by atoms with Crippen LogP contribution in [0.15, 0.2) is 59.8 Å². The average molecular weight is 400 g/mol. The second-order valence-corrected chi connectivity index (χ2v) is 6.57. The van der Waals surface area contributed by atoms with E-state index < -0.39 is 5.97 Å². The number of methoxy groups -OCH3 is 1. The van der Waals surface area contributed by atoms with Gasteiger partial charge in [0.15, 0.2) is 11.0 Å². The highest BCUT2D eigenvalue weighted by Gasteiger charge is 2.17. The van der Waals surface area contributed by atoms with E-state index in [9.17, 15) is 14.0 Å². The number of aromatic nitrogens is 3. The highest BCUT2D eigenvalue weighted by atomic mass is 32.2. The van der Waals surface area contributed by atoms with Crippen molar-refractivity contribution in [2.75, 3.05) is 19.4 Å². The quantitative estimate of drug-likeness (QED) is 0.484. The van der Waals surface area contributed by atoms with Crippen LogP contribution < -0.4 is 5.32 Å². The molecule has 9 heteroatoms. The highest BCUT2D eigenvalue weighted by molar-refractivity contribution is 7.99. The first kappa shape index (κ1) is 19.6. The van der Waals surface area contributed by atoms with Crippen LogP contribution in [0.25, 0.3) is 17.1 Å². The predicted octanol–water partition coefficient (Wildman–Crippen LogP) is 2.45. The standard InChI is InChI=1S/C19H17FN4O3S/c1-27-17(26)11-21-16(25)12-28-19-23-22-18(13-5-3-2-4-6-13)24(19)15-9-7-14(20)8-10-15/h2-10H,11-12H2,1H3,(H,21,25). The van der Waals surface area contributed by atoms with Crippen molar-refractivity contribution in [3.05, 3.63) is 60.4 Å². The summed E-state index contributed by atoms with van der Waals surface area (Å²) in [4.78, 5) is 23.1. The molecule has 0 radical (unpaired) electrons. The van der Waals surface area contributed by atoms with E-state index in [2.05, 4.69) is 20.3 Å². The zero-order chi connectivity index (χ0) is 19.9. The van der Waals surface area contributed by atoms with Crippen LogP contribution in [0.4, 0.5) is 4.39 Å². The van der Waals surface area contributed by atoms with Crippen molar-refractivity contribution in [2.24, 2.45) is 0 Å².